The highest BCUT2D eigenvalue weighted by molar-refractivity contribution is 6.37. The van der Waals surface area contributed by atoms with Crippen molar-refractivity contribution < 1.29 is 9.59 Å². The van der Waals surface area contributed by atoms with Gasteiger partial charge in [-0.2, -0.15) is 0 Å². The Bertz CT molecular complexity index is 1390. The minimum atomic E-state index is -0.461. The van der Waals surface area contributed by atoms with Crippen LogP contribution >= 0.6 is 23.2 Å². The van der Waals surface area contributed by atoms with Crippen LogP contribution in [-0.4, -0.2) is 17.2 Å². The molecule has 3 aromatic carbocycles. The Morgan fingerprint density at radius 3 is 2.35 bits per heavy atom. The number of rotatable bonds is 3. The molecule has 1 atom stereocenters. The van der Waals surface area contributed by atoms with E-state index in [1.54, 1.807) is 24.3 Å². The average Bonchev–Trinajstić information content (AvgIpc) is 3.04. The van der Waals surface area contributed by atoms with Crippen molar-refractivity contribution in [3.63, 3.8) is 0 Å². The number of anilines is 1. The van der Waals surface area contributed by atoms with Crippen molar-refractivity contribution in [3.05, 3.63) is 105 Å². The van der Waals surface area contributed by atoms with E-state index in [1.807, 2.05) is 30.0 Å². The smallest absolute Gasteiger partial charge is 0.259 e. The van der Waals surface area contributed by atoms with Gasteiger partial charge in [0.15, 0.2) is 5.78 Å². The van der Waals surface area contributed by atoms with Crippen LogP contribution in [0.2, 0.25) is 10.0 Å². The van der Waals surface area contributed by atoms with Crippen LogP contribution in [0.4, 0.5) is 5.69 Å². The van der Waals surface area contributed by atoms with Crippen LogP contribution in [0.1, 0.15) is 59.8 Å². The first-order valence-electron chi connectivity index (χ1n) is 11.3. The molecule has 0 radical (unpaired) electrons. The molecular weight excluding hydrogens is 465 g/mol. The fourth-order valence-electron chi connectivity index (χ4n) is 5.67. The number of aryl methyl sites for hydroxylation is 1. The highest BCUT2D eigenvalue weighted by Gasteiger charge is 2.52. The van der Waals surface area contributed by atoms with E-state index in [2.05, 4.69) is 39.0 Å². The van der Waals surface area contributed by atoms with Gasteiger partial charge in [0.25, 0.3) is 5.91 Å². The zero-order valence-corrected chi connectivity index (χ0v) is 21.1. The van der Waals surface area contributed by atoms with Gasteiger partial charge in [-0.15, -0.1) is 0 Å². The molecular formula is C29H25Cl2NO2. The zero-order valence-electron chi connectivity index (χ0n) is 19.6. The van der Waals surface area contributed by atoms with Gasteiger partial charge < -0.3 is 4.90 Å². The number of amides is 1. The predicted octanol–water partition coefficient (Wildman–Crippen LogP) is 7.40. The van der Waals surface area contributed by atoms with Crippen LogP contribution in [0.25, 0.3) is 5.57 Å². The Morgan fingerprint density at radius 2 is 1.68 bits per heavy atom. The second-order valence-corrected chi connectivity index (χ2v) is 11.0. The van der Waals surface area contributed by atoms with Crippen molar-refractivity contribution in [3.8, 4) is 0 Å². The first-order chi connectivity index (χ1) is 16.0. The van der Waals surface area contributed by atoms with Crippen LogP contribution in [0.15, 0.2) is 66.7 Å². The van der Waals surface area contributed by atoms with Crippen molar-refractivity contribution in [2.24, 2.45) is 0 Å². The molecule has 0 aliphatic carbocycles. The highest BCUT2D eigenvalue weighted by Crippen LogP contribution is 2.56. The minimum absolute atomic E-state index is 0.139. The van der Waals surface area contributed by atoms with E-state index < -0.39 is 5.54 Å². The molecule has 0 spiro atoms. The van der Waals surface area contributed by atoms with Gasteiger partial charge in [-0.3, -0.25) is 9.59 Å². The summed E-state index contributed by atoms with van der Waals surface area (Å²) in [6.45, 7) is 8.44. The number of halogens is 2. The maximum absolute atomic E-state index is 13.8. The molecule has 2 aliphatic rings. The first-order valence-corrected chi connectivity index (χ1v) is 12.0. The SMILES string of the molecule is Cc1cc2c3c(c1)C(C)(c1ccc(Cl)cc1)CC(C)(C)N3C(=O)C2=CC(=O)c1cccc(Cl)c1. The maximum atomic E-state index is 13.8. The summed E-state index contributed by atoms with van der Waals surface area (Å²) in [5, 5.41) is 1.18. The van der Waals surface area contributed by atoms with E-state index in [0.717, 1.165) is 34.4 Å². The van der Waals surface area contributed by atoms with Crippen LogP contribution in [-0.2, 0) is 10.2 Å². The Morgan fingerprint density at radius 1 is 0.971 bits per heavy atom. The van der Waals surface area contributed by atoms with E-state index in [9.17, 15) is 9.59 Å². The fourth-order valence-corrected chi connectivity index (χ4v) is 5.99. The van der Waals surface area contributed by atoms with Crippen molar-refractivity contribution in [2.75, 3.05) is 4.90 Å². The third-order valence-electron chi connectivity index (χ3n) is 7.05. The van der Waals surface area contributed by atoms with Crippen LogP contribution in [0.5, 0.6) is 0 Å². The lowest BCUT2D eigenvalue weighted by atomic mass is 9.65. The lowest BCUT2D eigenvalue weighted by Crippen LogP contribution is -2.54. The van der Waals surface area contributed by atoms with Gasteiger partial charge in [-0.25, -0.2) is 0 Å². The highest BCUT2D eigenvalue weighted by atomic mass is 35.5. The molecule has 0 fully saturated rings. The fraction of sp³-hybridized carbons (Fsp3) is 0.241. The summed E-state index contributed by atoms with van der Waals surface area (Å²) in [5.74, 6) is -0.375. The molecule has 5 heteroatoms. The van der Waals surface area contributed by atoms with Gasteiger partial charge in [0.2, 0.25) is 0 Å². The summed E-state index contributed by atoms with van der Waals surface area (Å²) in [7, 11) is 0. The van der Waals surface area contributed by atoms with Gasteiger partial charge in [0.1, 0.15) is 0 Å². The quantitative estimate of drug-likeness (QED) is 0.283. The largest absolute Gasteiger partial charge is 0.302 e. The molecule has 1 unspecified atom stereocenters. The molecule has 1 amide bonds. The normalized spacial score (nSPS) is 21.6. The summed E-state index contributed by atoms with van der Waals surface area (Å²) in [6.07, 6.45) is 2.20. The minimum Gasteiger partial charge on any atom is -0.302 e. The third-order valence-corrected chi connectivity index (χ3v) is 7.54. The number of ketones is 1. The van der Waals surface area contributed by atoms with Crippen molar-refractivity contribution >= 4 is 46.2 Å². The van der Waals surface area contributed by atoms with Crippen LogP contribution in [0, 0.1) is 6.92 Å². The number of carbonyl (C=O) groups excluding carboxylic acids is 2. The second-order valence-electron chi connectivity index (χ2n) is 10.1. The predicted molar refractivity (Wildman–Crippen MR) is 139 cm³/mol. The number of nitrogens with zero attached hydrogens (tertiary/aromatic N) is 1. The molecule has 0 bridgehead atoms. The Balaban J connectivity index is 1.73. The van der Waals surface area contributed by atoms with E-state index in [4.69, 9.17) is 23.2 Å². The van der Waals surface area contributed by atoms with Gasteiger partial charge in [0, 0.05) is 32.1 Å². The third kappa shape index (κ3) is 3.50. The summed E-state index contributed by atoms with van der Waals surface area (Å²) < 4.78 is 0. The zero-order chi connectivity index (χ0) is 24.4. The maximum Gasteiger partial charge on any atom is 0.259 e. The van der Waals surface area contributed by atoms with Gasteiger partial charge in [-0.1, -0.05) is 66.0 Å². The molecule has 0 N–H and O–H groups in total. The molecule has 172 valence electrons. The Labute approximate surface area is 210 Å². The first kappa shape index (κ1) is 22.9. The molecule has 34 heavy (non-hydrogen) atoms. The number of allylic oxidation sites excluding steroid dienone is 1. The monoisotopic (exact) mass is 489 g/mol. The summed E-state index contributed by atoms with van der Waals surface area (Å²) >= 11 is 12.3. The van der Waals surface area contributed by atoms with Gasteiger partial charge in [-0.05, 0) is 74.7 Å². The number of benzene rings is 3. The molecule has 2 heterocycles. The molecule has 0 aromatic heterocycles. The number of carbonyl (C=O) groups is 2. The van der Waals surface area contributed by atoms with Gasteiger partial charge in [0.05, 0.1) is 11.3 Å². The molecule has 5 rings (SSSR count). The standard InChI is InChI=1S/C29H25Cl2NO2/c1-17-12-22-23(15-25(33)18-6-5-7-21(31)14-18)27(34)32-26(22)24(13-17)29(4,16-28(32,2)3)19-8-10-20(30)11-9-19/h5-15H,16H2,1-4H3. The lowest BCUT2D eigenvalue weighted by molar-refractivity contribution is -0.114. The summed E-state index contributed by atoms with van der Waals surface area (Å²) in [5.41, 5.74) is 5.10. The molecule has 2 aliphatic heterocycles. The molecule has 3 nitrogen and oxygen atoms in total. The molecule has 0 saturated heterocycles. The molecule has 0 saturated carbocycles. The summed E-state index contributed by atoms with van der Waals surface area (Å²) in [4.78, 5) is 28.8. The number of hydrogen-bond donors (Lipinski definition) is 0. The van der Waals surface area contributed by atoms with Crippen LogP contribution in [0.3, 0.4) is 0 Å². The van der Waals surface area contributed by atoms with Crippen molar-refractivity contribution in [1.29, 1.82) is 0 Å². The van der Waals surface area contributed by atoms with E-state index >= 15 is 0 Å². The lowest BCUT2D eigenvalue weighted by Gasteiger charge is -2.50. The Hall–Kier alpha value is -2.88. The molecule has 3 aromatic rings. The van der Waals surface area contributed by atoms with Crippen molar-refractivity contribution in [2.45, 2.75) is 45.1 Å². The second kappa shape index (κ2) is 7.83. The van der Waals surface area contributed by atoms with E-state index in [-0.39, 0.29) is 17.1 Å². The van der Waals surface area contributed by atoms with E-state index in [1.165, 1.54) is 6.08 Å². The average molecular weight is 490 g/mol. The number of hydrogen-bond acceptors (Lipinski definition) is 2. The summed E-state index contributed by atoms with van der Waals surface area (Å²) in [6, 6.07) is 18.9. The van der Waals surface area contributed by atoms with E-state index in [0.29, 0.717) is 21.2 Å². The van der Waals surface area contributed by atoms with Gasteiger partial charge >= 0.3 is 0 Å². The van der Waals surface area contributed by atoms with Crippen molar-refractivity contribution in [1.82, 2.24) is 0 Å². The Kier molecular flexibility index (Phi) is 5.27. The van der Waals surface area contributed by atoms with Crippen LogP contribution < -0.4 is 4.90 Å². The topological polar surface area (TPSA) is 37.4 Å².